The molecule has 1 heterocycles. The van der Waals surface area contributed by atoms with Crippen LogP contribution in [0.25, 0.3) is 11.0 Å². The number of aromatic amines is 1. The van der Waals surface area contributed by atoms with Gasteiger partial charge in [0.05, 0.1) is 17.0 Å². The number of H-pyrrole nitrogens is 1. The highest BCUT2D eigenvalue weighted by atomic mass is 16.4. The molecule has 3 rings (SSSR count). The molecule has 0 unspecified atom stereocenters. The maximum atomic E-state index is 12.3. The van der Waals surface area contributed by atoms with Crippen LogP contribution in [0.3, 0.4) is 0 Å². The number of aromatic nitrogens is 2. The normalized spacial score (nSPS) is 10.6. The number of rotatable bonds is 3. The third kappa shape index (κ3) is 2.54. The van der Waals surface area contributed by atoms with Gasteiger partial charge < -0.3 is 14.9 Å². The monoisotopic (exact) mass is 294 g/mol. The van der Waals surface area contributed by atoms with E-state index in [0.29, 0.717) is 5.52 Å². The first-order valence-electron chi connectivity index (χ1n) is 6.62. The molecule has 0 fully saturated rings. The lowest BCUT2D eigenvalue weighted by Gasteiger charge is -2.10. The second-order valence-electron chi connectivity index (χ2n) is 4.89. The van der Waals surface area contributed by atoms with Crippen molar-refractivity contribution in [3.8, 4) is 0 Å². The maximum Gasteiger partial charge on any atom is 0.258 e. The molecular formula is C16H12N3O3-. The van der Waals surface area contributed by atoms with Gasteiger partial charge in [-0.05, 0) is 25.1 Å². The van der Waals surface area contributed by atoms with Crippen molar-refractivity contribution in [2.24, 2.45) is 0 Å². The van der Waals surface area contributed by atoms with Gasteiger partial charge in [0.2, 0.25) is 5.95 Å². The number of hydrogen-bond donors (Lipinski definition) is 2. The van der Waals surface area contributed by atoms with Crippen molar-refractivity contribution in [1.29, 1.82) is 0 Å². The van der Waals surface area contributed by atoms with E-state index in [9.17, 15) is 14.7 Å². The van der Waals surface area contributed by atoms with Gasteiger partial charge in [0, 0.05) is 11.1 Å². The molecule has 110 valence electrons. The highest BCUT2D eigenvalue weighted by molar-refractivity contribution is 6.10. The smallest absolute Gasteiger partial charge is 0.258 e. The molecule has 0 radical (unpaired) electrons. The fourth-order valence-corrected chi connectivity index (χ4v) is 2.21. The Morgan fingerprint density at radius 1 is 1.14 bits per heavy atom. The number of fused-ring (bicyclic) bond motifs is 1. The summed E-state index contributed by atoms with van der Waals surface area (Å²) in [5.74, 6) is -1.69. The van der Waals surface area contributed by atoms with Crippen LogP contribution in [0, 0.1) is 6.92 Å². The molecule has 6 heteroatoms. The quantitative estimate of drug-likeness (QED) is 0.764. The molecular weight excluding hydrogens is 282 g/mol. The van der Waals surface area contributed by atoms with E-state index in [1.165, 1.54) is 12.1 Å². The van der Waals surface area contributed by atoms with Crippen molar-refractivity contribution < 1.29 is 14.7 Å². The molecule has 2 aromatic carbocycles. The summed E-state index contributed by atoms with van der Waals surface area (Å²) in [6, 6.07) is 11.8. The Morgan fingerprint density at radius 2 is 1.91 bits per heavy atom. The minimum atomic E-state index is -1.39. The van der Waals surface area contributed by atoms with Gasteiger partial charge in [0.15, 0.2) is 0 Å². The van der Waals surface area contributed by atoms with E-state index >= 15 is 0 Å². The lowest BCUT2D eigenvalue weighted by molar-refractivity contribution is -0.255. The molecule has 0 spiro atoms. The zero-order chi connectivity index (χ0) is 15.7. The minimum absolute atomic E-state index is 0.0421. The van der Waals surface area contributed by atoms with Gasteiger partial charge in [0.25, 0.3) is 5.91 Å². The predicted molar refractivity (Wildman–Crippen MR) is 79.6 cm³/mol. The summed E-state index contributed by atoms with van der Waals surface area (Å²) in [6.45, 7) is 1.77. The topological polar surface area (TPSA) is 97.9 Å². The number of aryl methyl sites for hydroxylation is 1. The van der Waals surface area contributed by atoms with E-state index in [-0.39, 0.29) is 17.1 Å². The van der Waals surface area contributed by atoms with Crippen LogP contribution in [-0.2, 0) is 0 Å². The number of amides is 1. The third-order valence-corrected chi connectivity index (χ3v) is 3.26. The zero-order valence-electron chi connectivity index (χ0n) is 11.7. The lowest BCUT2D eigenvalue weighted by Crippen LogP contribution is -2.26. The van der Waals surface area contributed by atoms with Crippen molar-refractivity contribution in [3.63, 3.8) is 0 Å². The molecule has 0 aliphatic heterocycles. The van der Waals surface area contributed by atoms with Gasteiger partial charge in [0.1, 0.15) is 0 Å². The van der Waals surface area contributed by atoms with Gasteiger partial charge in [-0.25, -0.2) is 4.98 Å². The van der Waals surface area contributed by atoms with Gasteiger partial charge in [-0.1, -0.05) is 29.8 Å². The maximum absolute atomic E-state index is 12.3. The summed E-state index contributed by atoms with van der Waals surface area (Å²) in [5.41, 5.74) is 2.16. The van der Waals surface area contributed by atoms with E-state index < -0.39 is 11.9 Å². The second kappa shape index (κ2) is 5.33. The molecule has 2 N–H and O–H groups in total. The molecule has 0 bridgehead atoms. The predicted octanol–water partition coefficient (Wildman–Crippen LogP) is 1.49. The second-order valence-corrected chi connectivity index (χ2v) is 4.89. The number of carboxylic acid groups (broad SMARTS) is 1. The van der Waals surface area contributed by atoms with E-state index in [1.54, 1.807) is 19.1 Å². The summed E-state index contributed by atoms with van der Waals surface area (Å²) < 4.78 is 0. The Balaban J connectivity index is 1.94. The molecule has 0 saturated heterocycles. The number of hydrogen-bond acceptors (Lipinski definition) is 4. The fourth-order valence-electron chi connectivity index (χ4n) is 2.21. The van der Waals surface area contributed by atoms with Crippen LogP contribution in [0.15, 0.2) is 42.5 Å². The molecule has 0 atom stereocenters. The molecule has 0 aliphatic carbocycles. The van der Waals surface area contributed by atoms with E-state index in [4.69, 9.17) is 0 Å². The number of aromatic carboxylic acids is 1. The van der Waals surface area contributed by atoms with E-state index in [1.807, 2.05) is 18.2 Å². The Hall–Kier alpha value is -3.15. The van der Waals surface area contributed by atoms with Crippen molar-refractivity contribution in [3.05, 3.63) is 59.2 Å². The molecule has 3 aromatic rings. The summed E-state index contributed by atoms with van der Waals surface area (Å²) in [7, 11) is 0. The largest absolute Gasteiger partial charge is 0.545 e. The van der Waals surface area contributed by atoms with Crippen molar-refractivity contribution >= 4 is 28.9 Å². The number of imidazole rings is 1. The summed E-state index contributed by atoms with van der Waals surface area (Å²) in [5, 5.41) is 13.7. The van der Waals surface area contributed by atoms with Crippen molar-refractivity contribution in [2.45, 2.75) is 6.92 Å². The number of carboxylic acids is 1. The lowest BCUT2D eigenvalue weighted by atomic mass is 10.0. The molecule has 22 heavy (non-hydrogen) atoms. The molecule has 1 amide bonds. The van der Waals surface area contributed by atoms with Crippen molar-refractivity contribution in [2.75, 3.05) is 5.32 Å². The first-order chi connectivity index (χ1) is 10.5. The Kier molecular flexibility index (Phi) is 3.34. The number of nitrogens with one attached hydrogen (secondary N) is 2. The molecule has 0 aliphatic rings. The molecule has 1 aromatic heterocycles. The molecule has 6 nitrogen and oxygen atoms in total. The average Bonchev–Trinajstić information content (AvgIpc) is 2.88. The summed E-state index contributed by atoms with van der Waals surface area (Å²) in [4.78, 5) is 30.6. The number of benzene rings is 2. The Bertz CT molecular complexity index is 850. The number of para-hydroxylation sites is 2. The van der Waals surface area contributed by atoms with Crippen LogP contribution >= 0.6 is 0 Å². The van der Waals surface area contributed by atoms with E-state index in [0.717, 1.165) is 11.1 Å². The van der Waals surface area contributed by atoms with Crippen LogP contribution in [-0.4, -0.2) is 21.8 Å². The molecule has 0 saturated carbocycles. The van der Waals surface area contributed by atoms with Crippen LogP contribution < -0.4 is 10.4 Å². The van der Waals surface area contributed by atoms with Crippen LogP contribution in [0.4, 0.5) is 5.95 Å². The van der Waals surface area contributed by atoms with Crippen LogP contribution in [0.5, 0.6) is 0 Å². The summed E-state index contributed by atoms with van der Waals surface area (Å²) >= 11 is 0. The SMILES string of the molecule is Cc1ccc(C(=O)[O-])c(C(=O)Nc2nc3ccccc3[nH]2)c1. The van der Waals surface area contributed by atoms with Crippen LogP contribution in [0.1, 0.15) is 26.3 Å². The Labute approximate surface area is 125 Å². The summed E-state index contributed by atoms with van der Waals surface area (Å²) in [6.07, 6.45) is 0. The number of anilines is 1. The highest BCUT2D eigenvalue weighted by Gasteiger charge is 2.14. The van der Waals surface area contributed by atoms with Gasteiger partial charge >= 0.3 is 0 Å². The van der Waals surface area contributed by atoms with Gasteiger partial charge in [-0.15, -0.1) is 0 Å². The third-order valence-electron chi connectivity index (χ3n) is 3.26. The van der Waals surface area contributed by atoms with Crippen molar-refractivity contribution in [1.82, 2.24) is 9.97 Å². The number of carbonyl (C=O) groups is 2. The minimum Gasteiger partial charge on any atom is -0.545 e. The standard InChI is InChI=1S/C16H13N3O3/c1-9-6-7-10(15(21)22)11(8-9)14(20)19-16-17-12-4-2-3-5-13(12)18-16/h2-8H,1H3,(H,21,22)(H2,17,18,19,20)/p-1. The first kappa shape index (κ1) is 13.8. The van der Waals surface area contributed by atoms with Gasteiger partial charge in [-0.2, -0.15) is 0 Å². The van der Waals surface area contributed by atoms with E-state index in [2.05, 4.69) is 15.3 Å². The van der Waals surface area contributed by atoms with Crippen LogP contribution in [0.2, 0.25) is 0 Å². The Morgan fingerprint density at radius 3 is 2.64 bits per heavy atom. The first-order valence-corrected chi connectivity index (χ1v) is 6.62. The highest BCUT2D eigenvalue weighted by Crippen LogP contribution is 2.16. The fraction of sp³-hybridized carbons (Fsp3) is 0.0625. The van der Waals surface area contributed by atoms with Gasteiger partial charge in [-0.3, -0.25) is 10.1 Å². The average molecular weight is 294 g/mol. The number of nitrogens with zero attached hydrogens (tertiary/aromatic N) is 1. The zero-order valence-corrected chi connectivity index (χ0v) is 11.7. The number of carbonyl (C=O) groups excluding carboxylic acids is 2.